The second kappa shape index (κ2) is 8.91. The van der Waals surface area contributed by atoms with Gasteiger partial charge in [-0.15, -0.1) is 0 Å². The quantitative estimate of drug-likeness (QED) is 0.235. The van der Waals surface area contributed by atoms with Gasteiger partial charge in [0.25, 0.3) is 0 Å². The maximum Gasteiger partial charge on any atom is 0.302 e. The van der Waals surface area contributed by atoms with Gasteiger partial charge in [0, 0.05) is 38.0 Å². The number of aliphatic hydroxyl groups is 1. The number of fused-ring (bicyclic) bond motifs is 5. The summed E-state index contributed by atoms with van der Waals surface area (Å²) < 4.78 is 16.6. The van der Waals surface area contributed by atoms with Crippen molar-refractivity contribution in [1.82, 2.24) is 0 Å². The molecule has 1 N–H and O–H groups in total. The smallest absolute Gasteiger partial charge is 0.302 e. The van der Waals surface area contributed by atoms with Crippen LogP contribution in [0.3, 0.4) is 0 Å². The van der Waals surface area contributed by atoms with E-state index in [4.69, 9.17) is 14.2 Å². The summed E-state index contributed by atoms with van der Waals surface area (Å²) in [5.41, 5.74) is 0.552. The van der Waals surface area contributed by atoms with Gasteiger partial charge in [-0.05, 0) is 48.9 Å². The zero-order valence-electron chi connectivity index (χ0n) is 20.8. The van der Waals surface area contributed by atoms with Crippen LogP contribution in [0.5, 0.6) is 0 Å². The van der Waals surface area contributed by atoms with E-state index in [1.807, 2.05) is 0 Å². The summed E-state index contributed by atoms with van der Waals surface area (Å²) in [7, 11) is 0. The fourth-order valence-corrected chi connectivity index (χ4v) is 7.99. The van der Waals surface area contributed by atoms with E-state index in [2.05, 4.69) is 35.9 Å². The minimum absolute atomic E-state index is 0.0172. The first-order valence-corrected chi connectivity index (χ1v) is 13.2. The first-order chi connectivity index (χ1) is 15.8. The zero-order chi connectivity index (χ0) is 25.1. The van der Waals surface area contributed by atoms with Gasteiger partial charge >= 0.3 is 17.9 Å². The minimum Gasteiger partial charge on any atom is -0.465 e. The lowest BCUT2D eigenvalue weighted by molar-refractivity contribution is -0.162. The van der Waals surface area contributed by atoms with Gasteiger partial charge in [-0.1, -0.05) is 41.4 Å². The van der Waals surface area contributed by atoms with E-state index >= 15 is 0 Å². The molecule has 0 radical (unpaired) electrons. The lowest BCUT2D eigenvalue weighted by Gasteiger charge is -2.58. The first kappa shape index (κ1) is 25.7. The fourth-order valence-electron chi connectivity index (χ4n) is 7.49. The maximum absolute atomic E-state index is 11.9. The predicted octanol–water partition coefficient (Wildman–Crippen LogP) is 3.95. The number of hydrogen-bond acceptors (Lipinski definition) is 7. The summed E-state index contributed by atoms with van der Waals surface area (Å²) >= 11 is 3.74. The third kappa shape index (κ3) is 4.34. The van der Waals surface area contributed by atoms with Crippen molar-refractivity contribution in [1.29, 1.82) is 0 Å². The molecule has 8 heteroatoms. The SMILES string of the molecule is CC(=O)OCC(Br)C1(C)CC=C2C(C1)C(O)CC1C2(C)CC(OC(C)=O)C2CC21COC(C)=O. The van der Waals surface area contributed by atoms with Crippen molar-refractivity contribution >= 4 is 33.8 Å². The number of carbonyl (C=O) groups excluding carboxylic acids is 3. The summed E-state index contributed by atoms with van der Waals surface area (Å²) in [5.74, 6) is -0.609. The number of rotatable bonds is 6. The molecule has 0 aromatic rings. The van der Waals surface area contributed by atoms with Crippen molar-refractivity contribution in [3.05, 3.63) is 11.6 Å². The Bertz CT molecular complexity index is 902. The third-order valence-electron chi connectivity index (χ3n) is 9.24. The van der Waals surface area contributed by atoms with Crippen LogP contribution in [0.25, 0.3) is 0 Å². The molecule has 3 saturated carbocycles. The molecule has 0 amide bonds. The standard InChI is InChI=1S/C26H37BrO7/c1-14(28)32-12-23(27)24(4)7-6-18-17(9-24)20(31)8-22-25(18,5)11-21(34-16(3)30)19-10-26(19,22)13-33-15(2)29/h6,17,19-23,31H,7-13H2,1-5H3. The predicted molar refractivity (Wildman–Crippen MR) is 128 cm³/mol. The van der Waals surface area contributed by atoms with Crippen LogP contribution in [-0.2, 0) is 28.6 Å². The Hall–Kier alpha value is -1.41. The number of alkyl halides is 1. The molecule has 3 fully saturated rings. The van der Waals surface area contributed by atoms with E-state index in [1.54, 1.807) is 0 Å². The molecule has 9 atom stereocenters. The van der Waals surface area contributed by atoms with Gasteiger partial charge in [-0.2, -0.15) is 0 Å². The largest absolute Gasteiger partial charge is 0.465 e. The molecule has 4 aliphatic rings. The number of esters is 3. The summed E-state index contributed by atoms with van der Waals surface area (Å²) in [4.78, 5) is 34.9. The first-order valence-electron chi connectivity index (χ1n) is 12.3. The molecule has 0 heterocycles. The molecule has 0 saturated heterocycles. The Kier molecular flexibility index (Phi) is 6.73. The molecule has 9 unspecified atom stereocenters. The molecular weight excluding hydrogens is 504 g/mol. The highest BCUT2D eigenvalue weighted by Crippen LogP contribution is 2.74. The molecule has 7 nitrogen and oxygen atoms in total. The van der Waals surface area contributed by atoms with Crippen LogP contribution in [0.4, 0.5) is 0 Å². The third-order valence-corrected chi connectivity index (χ3v) is 10.6. The van der Waals surface area contributed by atoms with Crippen LogP contribution < -0.4 is 0 Å². The molecular formula is C26H37BrO7. The van der Waals surface area contributed by atoms with Gasteiger partial charge in [-0.25, -0.2) is 0 Å². The van der Waals surface area contributed by atoms with Crippen LogP contribution in [0, 0.1) is 34.0 Å². The van der Waals surface area contributed by atoms with Crippen LogP contribution in [0.2, 0.25) is 0 Å². The molecule has 0 aromatic heterocycles. The summed E-state index contributed by atoms with van der Waals surface area (Å²) in [6.45, 7) is 9.29. The number of aliphatic hydroxyl groups excluding tert-OH is 1. The van der Waals surface area contributed by atoms with E-state index < -0.39 is 6.10 Å². The Labute approximate surface area is 210 Å². The molecule has 0 aliphatic heterocycles. The van der Waals surface area contributed by atoms with Crippen molar-refractivity contribution in [3.63, 3.8) is 0 Å². The van der Waals surface area contributed by atoms with Crippen molar-refractivity contribution in [2.24, 2.45) is 34.0 Å². The summed E-state index contributed by atoms with van der Waals surface area (Å²) in [6, 6.07) is 0. The average Bonchev–Trinajstić information content (AvgIpc) is 3.48. The van der Waals surface area contributed by atoms with Crippen molar-refractivity contribution in [3.8, 4) is 0 Å². The van der Waals surface area contributed by atoms with Crippen molar-refractivity contribution in [2.45, 2.75) is 83.8 Å². The number of carbonyl (C=O) groups is 3. The number of ether oxygens (including phenoxy) is 3. The maximum atomic E-state index is 11.9. The normalized spacial score (nSPS) is 43.3. The van der Waals surface area contributed by atoms with Gasteiger partial charge in [0.05, 0.1) is 17.5 Å². The van der Waals surface area contributed by atoms with Crippen LogP contribution in [-0.4, -0.2) is 53.3 Å². The lowest BCUT2D eigenvalue weighted by atomic mass is 9.48. The number of allylic oxidation sites excluding steroid dienone is 1. The Morgan fingerprint density at radius 3 is 2.38 bits per heavy atom. The summed E-state index contributed by atoms with van der Waals surface area (Å²) in [5, 5.41) is 11.4. The highest BCUT2D eigenvalue weighted by molar-refractivity contribution is 9.09. The zero-order valence-corrected chi connectivity index (χ0v) is 22.4. The van der Waals surface area contributed by atoms with E-state index in [0.29, 0.717) is 19.6 Å². The molecule has 0 spiro atoms. The van der Waals surface area contributed by atoms with Gasteiger partial charge in [0.2, 0.25) is 0 Å². The lowest BCUT2D eigenvalue weighted by Crippen LogP contribution is -2.56. The van der Waals surface area contributed by atoms with Gasteiger partial charge in [0.1, 0.15) is 12.7 Å². The average molecular weight is 541 g/mol. The van der Waals surface area contributed by atoms with Crippen LogP contribution in [0.15, 0.2) is 11.6 Å². The van der Waals surface area contributed by atoms with Gasteiger partial charge in [-0.3, -0.25) is 14.4 Å². The van der Waals surface area contributed by atoms with Crippen molar-refractivity contribution < 1.29 is 33.7 Å². The second-order valence-electron chi connectivity index (χ2n) is 11.5. The van der Waals surface area contributed by atoms with Gasteiger partial charge in [0.15, 0.2) is 0 Å². The molecule has 34 heavy (non-hydrogen) atoms. The van der Waals surface area contributed by atoms with E-state index in [9.17, 15) is 19.5 Å². The van der Waals surface area contributed by atoms with Crippen molar-refractivity contribution in [2.75, 3.05) is 13.2 Å². The van der Waals surface area contributed by atoms with Crippen LogP contribution >= 0.6 is 15.9 Å². The highest BCUT2D eigenvalue weighted by atomic mass is 79.9. The van der Waals surface area contributed by atoms with E-state index in [-0.39, 0.29) is 62.8 Å². The Balaban J connectivity index is 1.65. The van der Waals surface area contributed by atoms with E-state index in [0.717, 1.165) is 25.7 Å². The topological polar surface area (TPSA) is 99.1 Å². The Morgan fingerprint density at radius 2 is 1.76 bits per heavy atom. The molecule has 4 rings (SSSR count). The molecule has 0 bridgehead atoms. The Morgan fingerprint density at radius 1 is 1.09 bits per heavy atom. The van der Waals surface area contributed by atoms with E-state index in [1.165, 1.54) is 26.3 Å². The highest BCUT2D eigenvalue weighted by Gasteiger charge is 2.73. The number of hydrogen-bond donors (Lipinski definition) is 1. The molecule has 190 valence electrons. The monoisotopic (exact) mass is 540 g/mol. The van der Waals surface area contributed by atoms with Crippen LogP contribution in [0.1, 0.15) is 66.7 Å². The molecule has 4 aliphatic carbocycles. The minimum atomic E-state index is -0.502. The number of halogens is 1. The fraction of sp³-hybridized carbons (Fsp3) is 0.808. The summed E-state index contributed by atoms with van der Waals surface area (Å²) in [6.07, 6.45) is 5.33. The second-order valence-corrected chi connectivity index (χ2v) is 12.7. The van der Waals surface area contributed by atoms with Gasteiger partial charge < -0.3 is 19.3 Å². The molecule has 0 aromatic carbocycles.